The molecule has 9 nitrogen and oxygen atoms in total. The van der Waals surface area contributed by atoms with Crippen LogP contribution < -0.4 is 15.4 Å². The summed E-state index contributed by atoms with van der Waals surface area (Å²) in [6, 6.07) is 1.81. The standard InChI is InChI=1S/C15H20N8O/c1-5-24-13-6-12(21-23(13)4)19-15-17-8-11(14(16-2)20-15)10-7-18-22(3)9-10/h6-9H,5H2,1-4H3,(H2,16,17,19,20,21). The van der Waals surface area contributed by atoms with Gasteiger partial charge in [0.2, 0.25) is 11.8 Å². The molecule has 0 aromatic carbocycles. The first-order valence-corrected chi connectivity index (χ1v) is 7.58. The van der Waals surface area contributed by atoms with Crippen molar-refractivity contribution >= 4 is 17.6 Å². The van der Waals surface area contributed by atoms with Crippen LogP contribution in [0.4, 0.5) is 17.6 Å². The van der Waals surface area contributed by atoms with Gasteiger partial charge in [0.15, 0.2) is 5.82 Å². The SMILES string of the molecule is CCOc1cc(Nc2ncc(-c3cnn(C)c3)c(NC)n2)nn1C. The number of anilines is 3. The highest BCUT2D eigenvalue weighted by molar-refractivity contribution is 5.74. The van der Waals surface area contributed by atoms with Crippen molar-refractivity contribution in [3.8, 4) is 17.0 Å². The largest absolute Gasteiger partial charge is 0.478 e. The van der Waals surface area contributed by atoms with Gasteiger partial charge >= 0.3 is 0 Å². The number of ether oxygens (including phenoxy) is 1. The Morgan fingerprint density at radius 2 is 2.08 bits per heavy atom. The Morgan fingerprint density at radius 3 is 2.75 bits per heavy atom. The third kappa shape index (κ3) is 3.14. The van der Waals surface area contributed by atoms with E-state index in [9.17, 15) is 0 Å². The summed E-state index contributed by atoms with van der Waals surface area (Å²) in [6.07, 6.45) is 5.45. The molecule has 3 aromatic rings. The lowest BCUT2D eigenvalue weighted by Crippen LogP contribution is -2.03. The molecule has 9 heteroatoms. The van der Waals surface area contributed by atoms with E-state index in [0.29, 0.717) is 30.1 Å². The summed E-state index contributed by atoms with van der Waals surface area (Å²) in [5.41, 5.74) is 1.83. The quantitative estimate of drug-likeness (QED) is 0.712. The van der Waals surface area contributed by atoms with Crippen LogP contribution in [0.5, 0.6) is 5.88 Å². The Morgan fingerprint density at radius 1 is 1.25 bits per heavy atom. The minimum absolute atomic E-state index is 0.452. The maximum Gasteiger partial charge on any atom is 0.230 e. The zero-order chi connectivity index (χ0) is 17.1. The Balaban J connectivity index is 1.86. The fourth-order valence-electron chi connectivity index (χ4n) is 2.31. The molecule has 0 aliphatic rings. The van der Waals surface area contributed by atoms with E-state index in [-0.39, 0.29) is 0 Å². The van der Waals surface area contributed by atoms with Crippen LogP contribution >= 0.6 is 0 Å². The molecule has 0 saturated heterocycles. The number of nitrogens with one attached hydrogen (secondary N) is 2. The molecule has 2 N–H and O–H groups in total. The lowest BCUT2D eigenvalue weighted by molar-refractivity contribution is 0.309. The lowest BCUT2D eigenvalue weighted by atomic mass is 10.2. The van der Waals surface area contributed by atoms with Crippen LogP contribution in [0.25, 0.3) is 11.1 Å². The normalized spacial score (nSPS) is 10.7. The molecule has 0 radical (unpaired) electrons. The number of rotatable bonds is 6. The van der Waals surface area contributed by atoms with E-state index in [0.717, 1.165) is 11.1 Å². The van der Waals surface area contributed by atoms with Crippen LogP contribution in [0.1, 0.15) is 6.92 Å². The first kappa shape index (κ1) is 15.8. The second kappa shape index (κ2) is 6.57. The minimum atomic E-state index is 0.452. The molecule has 0 saturated carbocycles. The van der Waals surface area contributed by atoms with E-state index < -0.39 is 0 Å². The summed E-state index contributed by atoms with van der Waals surface area (Å²) in [5.74, 6) is 2.47. The number of aryl methyl sites for hydroxylation is 2. The first-order valence-electron chi connectivity index (χ1n) is 7.58. The molecule has 3 heterocycles. The highest BCUT2D eigenvalue weighted by Gasteiger charge is 2.12. The van der Waals surface area contributed by atoms with Crippen molar-refractivity contribution in [2.24, 2.45) is 14.1 Å². The summed E-state index contributed by atoms with van der Waals surface area (Å²) in [7, 11) is 5.51. The summed E-state index contributed by atoms with van der Waals surface area (Å²) >= 11 is 0. The van der Waals surface area contributed by atoms with Crippen LogP contribution in [-0.4, -0.2) is 43.2 Å². The van der Waals surface area contributed by atoms with Gasteiger partial charge in [-0.25, -0.2) is 9.67 Å². The summed E-state index contributed by atoms with van der Waals surface area (Å²) in [6.45, 7) is 2.51. The maximum absolute atomic E-state index is 5.48. The molecule has 126 valence electrons. The summed E-state index contributed by atoms with van der Waals surface area (Å²) < 4.78 is 8.88. The molecular formula is C15H20N8O. The Labute approximate surface area is 139 Å². The van der Waals surface area contributed by atoms with E-state index in [1.807, 2.05) is 34.3 Å². The van der Waals surface area contributed by atoms with Gasteiger partial charge in [0.05, 0.1) is 12.8 Å². The van der Waals surface area contributed by atoms with E-state index in [1.165, 1.54) is 0 Å². The van der Waals surface area contributed by atoms with E-state index in [4.69, 9.17) is 4.74 Å². The summed E-state index contributed by atoms with van der Waals surface area (Å²) in [4.78, 5) is 8.86. The third-order valence-corrected chi connectivity index (χ3v) is 3.41. The van der Waals surface area contributed by atoms with Gasteiger partial charge in [0.25, 0.3) is 0 Å². The third-order valence-electron chi connectivity index (χ3n) is 3.41. The average Bonchev–Trinajstić information content (AvgIpc) is 3.14. The number of hydrogen-bond donors (Lipinski definition) is 2. The Hall–Kier alpha value is -3.10. The fraction of sp³-hybridized carbons (Fsp3) is 0.333. The molecule has 0 atom stereocenters. The zero-order valence-electron chi connectivity index (χ0n) is 14.1. The van der Waals surface area contributed by atoms with Crippen LogP contribution in [0.3, 0.4) is 0 Å². The van der Waals surface area contributed by atoms with Gasteiger partial charge in [0, 0.05) is 50.7 Å². The number of nitrogens with zero attached hydrogens (tertiary/aromatic N) is 6. The van der Waals surface area contributed by atoms with Gasteiger partial charge in [-0.15, -0.1) is 0 Å². The van der Waals surface area contributed by atoms with Crippen LogP contribution in [0, 0.1) is 0 Å². The van der Waals surface area contributed by atoms with Gasteiger partial charge in [-0.1, -0.05) is 0 Å². The van der Waals surface area contributed by atoms with Gasteiger partial charge < -0.3 is 15.4 Å². The van der Waals surface area contributed by atoms with Crippen molar-refractivity contribution in [3.63, 3.8) is 0 Å². The highest BCUT2D eigenvalue weighted by Crippen LogP contribution is 2.27. The molecular weight excluding hydrogens is 308 g/mol. The second-order valence-electron chi connectivity index (χ2n) is 5.16. The highest BCUT2D eigenvalue weighted by atomic mass is 16.5. The lowest BCUT2D eigenvalue weighted by Gasteiger charge is -2.08. The van der Waals surface area contributed by atoms with E-state index >= 15 is 0 Å². The van der Waals surface area contributed by atoms with Gasteiger partial charge in [-0.3, -0.25) is 4.68 Å². The molecule has 0 fully saturated rings. The molecule has 0 spiro atoms. The second-order valence-corrected chi connectivity index (χ2v) is 5.16. The maximum atomic E-state index is 5.48. The van der Waals surface area contributed by atoms with Gasteiger partial charge in [-0.05, 0) is 6.92 Å². The van der Waals surface area contributed by atoms with Crippen LogP contribution in [0.2, 0.25) is 0 Å². The monoisotopic (exact) mass is 328 g/mol. The predicted octanol–water partition coefficient (Wildman–Crippen LogP) is 1.79. The first-order chi connectivity index (χ1) is 11.6. The molecule has 0 aliphatic carbocycles. The fourth-order valence-corrected chi connectivity index (χ4v) is 2.31. The van der Waals surface area contributed by atoms with Crippen molar-refractivity contribution in [2.45, 2.75) is 6.92 Å². The molecule has 0 amide bonds. The van der Waals surface area contributed by atoms with Crippen LogP contribution in [0.15, 0.2) is 24.7 Å². The van der Waals surface area contributed by atoms with E-state index in [2.05, 4.69) is 30.8 Å². The smallest absolute Gasteiger partial charge is 0.230 e. The minimum Gasteiger partial charge on any atom is -0.478 e. The van der Waals surface area contributed by atoms with Crippen molar-refractivity contribution in [3.05, 3.63) is 24.7 Å². The predicted molar refractivity (Wildman–Crippen MR) is 91.4 cm³/mol. The summed E-state index contributed by atoms with van der Waals surface area (Å²) in [5, 5.41) is 14.7. The zero-order valence-corrected chi connectivity index (χ0v) is 14.1. The molecule has 0 bridgehead atoms. The Kier molecular flexibility index (Phi) is 4.32. The number of aromatic nitrogens is 6. The molecule has 24 heavy (non-hydrogen) atoms. The molecule has 0 aliphatic heterocycles. The van der Waals surface area contributed by atoms with Crippen molar-refractivity contribution < 1.29 is 4.74 Å². The molecule has 0 unspecified atom stereocenters. The van der Waals surface area contributed by atoms with Crippen LogP contribution in [-0.2, 0) is 14.1 Å². The topological polar surface area (TPSA) is 94.7 Å². The molecule has 3 aromatic heterocycles. The average molecular weight is 328 g/mol. The van der Waals surface area contributed by atoms with Gasteiger partial charge in [-0.2, -0.15) is 15.2 Å². The number of hydrogen-bond acceptors (Lipinski definition) is 7. The van der Waals surface area contributed by atoms with Crippen molar-refractivity contribution in [2.75, 3.05) is 24.3 Å². The van der Waals surface area contributed by atoms with Gasteiger partial charge in [0.1, 0.15) is 5.82 Å². The van der Waals surface area contributed by atoms with E-state index in [1.54, 1.807) is 27.8 Å². The Bertz CT molecular complexity index is 838. The molecule has 3 rings (SSSR count). The van der Waals surface area contributed by atoms with Crippen molar-refractivity contribution in [1.82, 2.24) is 29.5 Å². The van der Waals surface area contributed by atoms with Crippen molar-refractivity contribution in [1.29, 1.82) is 0 Å².